The van der Waals surface area contributed by atoms with Gasteiger partial charge in [0.25, 0.3) is 5.56 Å². The predicted octanol–water partition coefficient (Wildman–Crippen LogP) is 0.473. The molecule has 0 atom stereocenters. The summed E-state index contributed by atoms with van der Waals surface area (Å²) in [4.78, 5) is 40.8. The normalized spacial score (nSPS) is 12.3. The lowest BCUT2D eigenvalue weighted by Gasteiger charge is -2.22. The number of carbonyl (C=O) groups excluding carboxylic acids is 2. The van der Waals surface area contributed by atoms with Crippen molar-refractivity contribution in [3.63, 3.8) is 0 Å². The molecule has 0 saturated carbocycles. The van der Waals surface area contributed by atoms with Crippen LogP contribution in [0.5, 0.6) is 17.2 Å². The van der Waals surface area contributed by atoms with Gasteiger partial charge in [0.05, 0.1) is 12.5 Å². The Labute approximate surface area is 136 Å². The zero-order chi connectivity index (χ0) is 17.6. The van der Waals surface area contributed by atoms with Crippen molar-refractivity contribution >= 4 is 22.7 Å². The molecule has 0 saturated heterocycles. The number of aryl methyl sites for hydroxylation is 1. The summed E-state index contributed by atoms with van der Waals surface area (Å²) in [6, 6.07) is 1.46. The molecule has 1 aliphatic rings. The van der Waals surface area contributed by atoms with Crippen molar-refractivity contribution in [2.75, 3.05) is 18.9 Å². The minimum Gasteiger partial charge on any atom is -0.491 e. The van der Waals surface area contributed by atoms with Gasteiger partial charge in [-0.2, -0.15) is 9.69 Å². The monoisotopic (exact) mass is 333 g/mol. The molecule has 0 spiro atoms. The predicted molar refractivity (Wildman–Crippen MR) is 83.0 cm³/mol. The summed E-state index contributed by atoms with van der Waals surface area (Å²) in [6.45, 7) is 3.90. The van der Waals surface area contributed by atoms with Crippen LogP contribution in [0.2, 0.25) is 0 Å². The minimum atomic E-state index is -0.596. The van der Waals surface area contributed by atoms with E-state index in [9.17, 15) is 14.4 Å². The smallest absolute Gasteiger partial charge is 0.281 e. The highest BCUT2D eigenvalue weighted by Crippen LogP contribution is 2.44. The van der Waals surface area contributed by atoms with Crippen LogP contribution in [0.1, 0.15) is 19.7 Å². The maximum Gasteiger partial charge on any atom is 0.281 e. The molecule has 0 bridgehead atoms. The number of ether oxygens (including phenoxy) is 3. The Balaban J connectivity index is 2.40. The summed E-state index contributed by atoms with van der Waals surface area (Å²) in [5, 5.41) is 0.885. The lowest BCUT2D eigenvalue weighted by molar-refractivity contribution is -0.126. The van der Waals surface area contributed by atoms with Crippen LogP contribution in [0, 0.1) is 6.92 Å². The average molecular weight is 333 g/mol. The van der Waals surface area contributed by atoms with Crippen molar-refractivity contribution in [2.24, 2.45) is 0 Å². The lowest BCUT2D eigenvalue weighted by Crippen LogP contribution is -2.49. The van der Waals surface area contributed by atoms with E-state index in [-0.39, 0.29) is 29.3 Å². The van der Waals surface area contributed by atoms with Crippen LogP contribution in [0.3, 0.4) is 0 Å². The number of hydrogen-bond donors (Lipinski definition) is 0. The SMILES string of the molecule is COc1c2c(cc3c(=O)n(N(C(C)=O)C(C)=O)c(C)nc13)OCO2. The average Bonchev–Trinajstić information content (AvgIpc) is 2.97. The van der Waals surface area contributed by atoms with Gasteiger partial charge in [0, 0.05) is 13.8 Å². The van der Waals surface area contributed by atoms with E-state index in [1.807, 2.05) is 0 Å². The summed E-state index contributed by atoms with van der Waals surface area (Å²) in [7, 11) is 1.43. The largest absolute Gasteiger partial charge is 0.491 e. The molecule has 1 aliphatic heterocycles. The number of amides is 2. The first-order valence-electron chi connectivity index (χ1n) is 7.08. The molecule has 2 aromatic rings. The Bertz CT molecular complexity index is 919. The van der Waals surface area contributed by atoms with Gasteiger partial charge in [0.15, 0.2) is 11.5 Å². The Morgan fingerprint density at radius 1 is 1.29 bits per heavy atom. The van der Waals surface area contributed by atoms with Gasteiger partial charge in [-0.1, -0.05) is 0 Å². The third-order valence-electron chi connectivity index (χ3n) is 3.60. The highest BCUT2D eigenvalue weighted by Gasteiger charge is 2.27. The Morgan fingerprint density at radius 2 is 1.96 bits per heavy atom. The summed E-state index contributed by atoms with van der Waals surface area (Å²) < 4.78 is 16.9. The van der Waals surface area contributed by atoms with E-state index in [4.69, 9.17) is 14.2 Å². The third kappa shape index (κ3) is 2.16. The number of benzene rings is 1. The molecular formula is C15H15N3O6. The van der Waals surface area contributed by atoms with E-state index >= 15 is 0 Å². The van der Waals surface area contributed by atoms with E-state index in [2.05, 4.69) is 4.98 Å². The number of methoxy groups -OCH3 is 1. The van der Waals surface area contributed by atoms with E-state index in [1.165, 1.54) is 33.9 Å². The van der Waals surface area contributed by atoms with Crippen molar-refractivity contribution in [3.05, 3.63) is 22.2 Å². The van der Waals surface area contributed by atoms with Crippen molar-refractivity contribution < 1.29 is 23.8 Å². The molecule has 24 heavy (non-hydrogen) atoms. The van der Waals surface area contributed by atoms with Gasteiger partial charge in [0.2, 0.25) is 24.4 Å². The molecule has 2 heterocycles. The fourth-order valence-corrected chi connectivity index (χ4v) is 2.68. The van der Waals surface area contributed by atoms with Gasteiger partial charge in [-0.15, -0.1) is 0 Å². The molecule has 0 fully saturated rings. The van der Waals surface area contributed by atoms with Crippen LogP contribution < -0.4 is 24.8 Å². The second kappa shape index (κ2) is 5.52. The van der Waals surface area contributed by atoms with Crippen molar-refractivity contribution in [2.45, 2.75) is 20.8 Å². The Hall–Kier alpha value is -3.10. The molecule has 126 valence electrons. The number of carbonyl (C=O) groups is 2. The highest BCUT2D eigenvalue weighted by atomic mass is 16.7. The highest BCUT2D eigenvalue weighted by molar-refractivity contribution is 6.06. The van der Waals surface area contributed by atoms with E-state index in [0.29, 0.717) is 11.5 Å². The minimum absolute atomic E-state index is 0.00219. The molecule has 3 rings (SSSR count). The molecule has 0 radical (unpaired) electrons. The molecule has 0 unspecified atom stereocenters. The van der Waals surface area contributed by atoms with Gasteiger partial charge in [0.1, 0.15) is 11.3 Å². The molecular weight excluding hydrogens is 318 g/mol. The summed E-state index contributed by atoms with van der Waals surface area (Å²) in [6.07, 6.45) is 0. The Morgan fingerprint density at radius 3 is 2.54 bits per heavy atom. The van der Waals surface area contributed by atoms with Crippen LogP contribution in [-0.2, 0) is 9.59 Å². The van der Waals surface area contributed by atoms with Gasteiger partial charge in [-0.3, -0.25) is 14.4 Å². The molecule has 2 amide bonds. The second-order valence-electron chi connectivity index (χ2n) is 5.17. The van der Waals surface area contributed by atoms with E-state index in [0.717, 1.165) is 9.69 Å². The first-order valence-corrected chi connectivity index (χ1v) is 7.08. The second-order valence-corrected chi connectivity index (χ2v) is 5.17. The van der Waals surface area contributed by atoms with E-state index in [1.54, 1.807) is 0 Å². The van der Waals surface area contributed by atoms with Crippen molar-refractivity contribution in [3.8, 4) is 17.2 Å². The zero-order valence-corrected chi connectivity index (χ0v) is 13.6. The fraction of sp³-hybridized carbons (Fsp3) is 0.333. The van der Waals surface area contributed by atoms with Crippen LogP contribution in [0.25, 0.3) is 10.9 Å². The lowest BCUT2D eigenvalue weighted by atomic mass is 10.2. The Kier molecular flexibility index (Phi) is 3.63. The van der Waals surface area contributed by atoms with Crippen LogP contribution >= 0.6 is 0 Å². The molecule has 1 aromatic carbocycles. The van der Waals surface area contributed by atoms with Gasteiger partial charge < -0.3 is 14.2 Å². The summed E-state index contributed by atoms with van der Waals surface area (Å²) in [5.41, 5.74) is -0.313. The summed E-state index contributed by atoms with van der Waals surface area (Å²) >= 11 is 0. The molecule has 0 N–H and O–H groups in total. The topological polar surface area (TPSA) is 100.0 Å². The van der Waals surface area contributed by atoms with Crippen LogP contribution in [-0.4, -0.2) is 35.4 Å². The summed E-state index contributed by atoms with van der Waals surface area (Å²) in [5.74, 6) is -0.0578. The van der Waals surface area contributed by atoms with Gasteiger partial charge in [-0.25, -0.2) is 4.98 Å². The first-order chi connectivity index (χ1) is 11.4. The quantitative estimate of drug-likeness (QED) is 0.787. The van der Waals surface area contributed by atoms with Crippen molar-refractivity contribution in [1.82, 2.24) is 9.66 Å². The number of fused-ring (bicyclic) bond motifs is 2. The third-order valence-corrected chi connectivity index (χ3v) is 3.60. The fourth-order valence-electron chi connectivity index (χ4n) is 2.68. The van der Waals surface area contributed by atoms with Gasteiger partial charge >= 0.3 is 0 Å². The number of rotatable bonds is 2. The number of nitrogens with zero attached hydrogens (tertiary/aromatic N) is 3. The van der Waals surface area contributed by atoms with E-state index < -0.39 is 17.4 Å². The maximum atomic E-state index is 12.9. The first kappa shape index (κ1) is 15.8. The van der Waals surface area contributed by atoms with Crippen LogP contribution in [0.15, 0.2) is 10.9 Å². The number of hydrogen-bond acceptors (Lipinski definition) is 7. The van der Waals surface area contributed by atoms with Crippen LogP contribution in [0.4, 0.5) is 0 Å². The zero-order valence-electron chi connectivity index (χ0n) is 13.6. The number of imide groups is 1. The van der Waals surface area contributed by atoms with Gasteiger partial charge in [-0.05, 0) is 13.0 Å². The van der Waals surface area contributed by atoms with Crippen molar-refractivity contribution in [1.29, 1.82) is 0 Å². The standard InChI is InChI=1S/C15H15N3O6/c1-7-16-12-10(5-11-13(14(12)22-4)24-6-23-11)15(21)17(7)18(8(2)19)9(3)20/h5H,6H2,1-4H3. The maximum absolute atomic E-state index is 12.9. The molecule has 9 nitrogen and oxygen atoms in total. The molecule has 0 aliphatic carbocycles. The number of aromatic nitrogens is 2. The molecule has 9 heteroatoms. The molecule has 1 aromatic heterocycles.